The fraction of sp³-hybridized carbons (Fsp3) is 0.382. The summed E-state index contributed by atoms with van der Waals surface area (Å²) in [5, 5.41) is 3.07. The molecule has 41 heavy (non-hydrogen) atoms. The Kier molecular flexibility index (Phi) is 8.15. The highest BCUT2D eigenvalue weighted by Crippen LogP contribution is 2.44. The first-order chi connectivity index (χ1) is 19.7. The average molecular weight is 554 g/mol. The zero-order valence-electron chi connectivity index (χ0n) is 24.4. The Hall–Kier alpha value is -4.13. The van der Waals surface area contributed by atoms with Gasteiger partial charge in [0, 0.05) is 11.8 Å². The number of carbonyl (C=O) groups is 3. The van der Waals surface area contributed by atoms with Crippen molar-refractivity contribution < 1.29 is 19.1 Å². The van der Waals surface area contributed by atoms with Crippen LogP contribution < -0.4 is 15.0 Å². The normalized spacial score (nSPS) is 16.6. The molecule has 7 heteroatoms. The lowest BCUT2D eigenvalue weighted by molar-refractivity contribution is -0.134. The second-order valence-electron chi connectivity index (χ2n) is 11.7. The van der Waals surface area contributed by atoms with Gasteiger partial charge in [0.2, 0.25) is 5.91 Å². The van der Waals surface area contributed by atoms with Gasteiger partial charge in [0.05, 0.1) is 5.69 Å². The summed E-state index contributed by atoms with van der Waals surface area (Å²) in [4.78, 5) is 44.3. The molecule has 1 heterocycles. The molecule has 2 fully saturated rings. The minimum atomic E-state index is -1.00. The highest BCUT2D eigenvalue weighted by molar-refractivity contribution is 6.18. The number of hydrogen-bond donors (Lipinski definition) is 1. The molecule has 0 aromatic heterocycles. The largest absolute Gasteiger partial charge is 0.457 e. The molecule has 0 bridgehead atoms. The van der Waals surface area contributed by atoms with Crippen LogP contribution in [0.4, 0.5) is 16.2 Å². The summed E-state index contributed by atoms with van der Waals surface area (Å²) < 4.78 is 6.03. The van der Waals surface area contributed by atoms with Crippen LogP contribution in [0.5, 0.6) is 11.5 Å². The van der Waals surface area contributed by atoms with E-state index >= 15 is 0 Å². The Labute approximate surface area is 242 Å². The van der Waals surface area contributed by atoms with Crippen LogP contribution >= 0.6 is 0 Å². The van der Waals surface area contributed by atoms with Crippen LogP contribution in [0.15, 0.2) is 72.8 Å². The van der Waals surface area contributed by atoms with Gasteiger partial charge in [-0.25, -0.2) is 4.79 Å². The molecule has 0 atom stereocenters. The number of rotatable bonds is 8. The van der Waals surface area contributed by atoms with Gasteiger partial charge >= 0.3 is 6.03 Å². The molecule has 1 aliphatic heterocycles. The number of hydrogen-bond acceptors (Lipinski definition) is 4. The number of nitrogens with one attached hydrogen (secondary N) is 1. The number of para-hydroxylation sites is 2. The molecule has 5 rings (SSSR count). The second-order valence-corrected chi connectivity index (χ2v) is 11.7. The van der Waals surface area contributed by atoms with E-state index in [0.29, 0.717) is 30.0 Å². The first-order valence-corrected chi connectivity index (χ1v) is 14.6. The standard InChI is InChI=1S/C34H39N3O4/c1-23(2)28-17-12-18-29(24(3)4)31(28)35-30(38)22-36-32(39)34(19-9-6-10-20-34)37(33(36)40)25-13-11-16-27(21-25)41-26-14-7-5-8-15-26/h5,7-8,11-18,21,23-24H,6,9-10,19-20,22H2,1-4H3,(H,35,38). The van der Waals surface area contributed by atoms with Crippen LogP contribution in [0.3, 0.4) is 0 Å². The maximum absolute atomic E-state index is 14.0. The molecule has 2 aliphatic rings. The highest BCUT2D eigenvalue weighted by atomic mass is 16.5. The Morgan fingerprint density at radius 1 is 0.829 bits per heavy atom. The number of amides is 4. The SMILES string of the molecule is CC(C)c1cccc(C(C)C)c1NC(=O)CN1C(=O)N(c2cccc(Oc3ccccc3)c2)C2(CCCCC2)C1=O. The average Bonchev–Trinajstić information content (AvgIpc) is 3.14. The van der Waals surface area contributed by atoms with E-state index < -0.39 is 11.6 Å². The van der Waals surface area contributed by atoms with Crippen molar-refractivity contribution in [3.8, 4) is 11.5 Å². The lowest BCUT2D eigenvalue weighted by atomic mass is 9.80. The third-order valence-electron chi connectivity index (χ3n) is 8.17. The summed E-state index contributed by atoms with van der Waals surface area (Å²) in [6.07, 6.45) is 3.82. The Bertz CT molecular complexity index is 1400. The third kappa shape index (κ3) is 5.58. The first-order valence-electron chi connectivity index (χ1n) is 14.6. The fourth-order valence-electron chi connectivity index (χ4n) is 6.14. The van der Waals surface area contributed by atoms with Crippen molar-refractivity contribution in [1.82, 2.24) is 4.90 Å². The van der Waals surface area contributed by atoms with Gasteiger partial charge in [-0.1, -0.05) is 89.4 Å². The number of benzene rings is 3. The van der Waals surface area contributed by atoms with E-state index in [1.807, 2.05) is 66.7 Å². The molecule has 1 saturated heterocycles. The van der Waals surface area contributed by atoms with Crippen molar-refractivity contribution in [2.45, 2.75) is 77.2 Å². The molecule has 3 aromatic carbocycles. The summed E-state index contributed by atoms with van der Waals surface area (Å²) >= 11 is 0. The quantitative estimate of drug-likeness (QED) is 0.288. The number of imide groups is 1. The lowest BCUT2D eigenvalue weighted by Crippen LogP contribution is -2.51. The van der Waals surface area contributed by atoms with Crippen molar-refractivity contribution >= 4 is 29.2 Å². The monoisotopic (exact) mass is 553 g/mol. The maximum atomic E-state index is 14.0. The predicted molar refractivity (Wildman–Crippen MR) is 162 cm³/mol. The molecule has 7 nitrogen and oxygen atoms in total. The Morgan fingerprint density at radius 3 is 2.07 bits per heavy atom. The molecule has 1 spiro atoms. The van der Waals surface area contributed by atoms with Gasteiger partial charge in [0.1, 0.15) is 23.6 Å². The topological polar surface area (TPSA) is 79.0 Å². The molecule has 1 saturated carbocycles. The van der Waals surface area contributed by atoms with Crippen molar-refractivity contribution in [2.75, 3.05) is 16.8 Å². The summed E-state index contributed by atoms with van der Waals surface area (Å²) in [6.45, 7) is 8.01. The van der Waals surface area contributed by atoms with Crippen molar-refractivity contribution in [2.24, 2.45) is 0 Å². The van der Waals surface area contributed by atoms with E-state index in [2.05, 4.69) is 33.0 Å². The smallest absolute Gasteiger partial charge is 0.332 e. The maximum Gasteiger partial charge on any atom is 0.332 e. The van der Waals surface area contributed by atoms with Gasteiger partial charge in [-0.15, -0.1) is 0 Å². The molecule has 0 radical (unpaired) electrons. The van der Waals surface area contributed by atoms with Crippen LogP contribution in [0.2, 0.25) is 0 Å². The van der Waals surface area contributed by atoms with E-state index in [4.69, 9.17) is 4.74 Å². The molecular formula is C34H39N3O4. The van der Waals surface area contributed by atoms with Crippen LogP contribution in [-0.2, 0) is 9.59 Å². The van der Waals surface area contributed by atoms with Gasteiger partial charge < -0.3 is 10.1 Å². The third-order valence-corrected chi connectivity index (χ3v) is 8.17. The van der Waals surface area contributed by atoms with Crippen molar-refractivity contribution in [3.05, 3.63) is 83.9 Å². The number of ether oxygens (including phenoxy) is 1. The van der Waals surface area contributed by atoms with Crippen molar-refractivity contribution in [3.63, 3.8) is 0 Å². The summed E-state index contributed by atoms with van der Waals surface area (Å²) in [6, 6.07) is 22.3. The minimum Gasteiger partial charge on any atom is -0.457 e. The van der Waals surface area contributed by atoms with Crippen molar-refractivity contribution in [1.29, 1.82) is 0 Å². The Balaban J connectivity index is 1.44. The number of anilines is 2. The molecule has 4 amide bonds. The van der Waals surface area contributed by atoms with Gasteiger partial charge in [0.15, 0.2) is 0 Å². The van der Waals surface area contributed by atoms with E-state index in [1.54, 1.807) is 11.0 Å². The Morgan fingerprint density at radius 2 is 1.44 bits per heavy atom. The molecule has 0 unspecified atom stereocenters. The summed E-state index contributed by atoms with van der Waals surface area (Å²) in [5.41, 5.74) is 2.43. The van der Waals surface area contributed by atoms with Gasteiger partial charge in [0.25, 0.3) is 5.91 Å². The van der Waals surface area contributed by atoms with Gasteiger partial charge in [-0.3, -0.25) is 19.4 Å². The van der Waals surface area contributed by atoms with Crippen LogP contribution in [0.25, 0.3) is 0 Å². The van der Waals surface area contributed by atoms with E-state index in [9.17, 15) is 14.4 Å². The molecule has 3 aromatic rings. The number of urea groups is 1. The zero-order chi connectivity index (χ0) is 29.1. The second kappa shape index (κ2) is 11.8. The van der Waals surface area contributed by atoms with Crippen LogP contribution in [0.1, 0.15) is 82.8 Å². The predicted octanol–water partition coefficient (Wildman–Crippen LogP) is 7.84. The fourth-order valence-corrected chi connectivity index (χ4v) is 6.14. The molecule has 214 valence electrons. The van der Waals surface area contributed by atoms with E-state index in [1.165, 1.54) is 0 Å². The highest BCUT2D eigenvalue weighted by Gasteiger charge is 2.58. The van der Waals surface area contributed by atoms with Crippen LogP contribution in [-0.4, -0.2) is 34.8 Å². The minimum absolute atomic E-state index is 0.199. The summed E-state index contributed by atoms with van der Waals surface area (Å²) in [7, 11) is 0. The number of carbonyl (C=O) groups excluding carboxylic acids is 3. The van der Waals surface area contributed by atoms with Gasteiger partial charge in [-0.05, 0) is 60.1 Å². The lowest BCUT2D eigenvalue weighted by Gasteiger charge is -2.38. The molecule has 1 aliphatic carbocycles. The number of nitrogens with zero attached hydrogens (tertiary/aromatic N) is 2. The summed E-state index contributed by atoms with van der Waals surface area (Å²) in [5.74, 6) is 0.976. The van der Waals surface area contributed by atoms with Gasteiger partial charge in [-0.2, -0.15) is 0 Å². The molecular weight excluding hydrogens is 514 g/mol. The van der Waals surface area contributed by atoms with Crippen LogP contribution in [0, 0.1) is 0 Å². The zero-order valence-corrected chi connectivity index (χ0v) is 24.4. The first kappa shape index (κ1) is 28.4. The van der Waals surface area contributed by atoms with E-state index in [-0.39, 0.29) is 30.2 Å². The van der Waals surface area contributed by atoms with E-state index in [0.717, 1.165) is 41.0 Å². The molecule has 1 N–H and O–H groups in total.